The number of rotatable bonds is 5. The highest BCUT2D eigenvalue weighted by molar-refractivity contribution is 5.91. The second-order valence-electron chi connectivity index (χ2n) is 8.34. The van der Waals surface area contributed by atoms with Gasteiger partial charge in [0.25, 0.3) is 0 Å². The molecule has 0 bridgehead atoms. The lowest BCUT2D eigenvalue weighted by Crippen LogP contribution is -2.29. The minimum absolute atomic E-state index is 0.0174. The number of carbonyl (C=O) groups is 1. The Hall–Kier alpha value is -3.13. The molecule has 1 unspecified atom stereocenters. The minimum Gasteiger partial charge on any atom is -0.390 e. The summed E-state index contributed by atoms with van der Waals surface area (Å²) < 4.78 is 13.7. The summed E-state index contributed by atoms with van der Waals surface area (Å²) in [5.41, 5.74) is 2.32. The molecule has 3 aromatic rings. The van der Waals surface area contributed by atoms with Crippen LogP contribution in [0.25, 0.3) is 10.9 Å². The van der Waals surface area contributed by atoms with Crippen LogP contribution < -0.4 is 10.6 Å². The molecule has 0 saturated carbocycles. The summed E-state index contributed by atoms with van der Waals surface area (Å²) >= 11 is 0. The number of benzene rings is 1. The van der Waals surface area contributed by atoms with Gasteiger partial charge in [-0.1, -0.05) is 0 Å². The largest absolute Gasteiger partial charge is 0.390 e. The van der Waals surface area contributed by atoms with Gasteiger partial charge in [-0.05, 0) is 56.5 Å². The normalized spacial score (nSPS) is 16.2. The molecule has 1 aliphatic carbocycles. The Kier molecular flexibility index (Phi) is 5.34. The van der Waals surface area contributed by atoms with Gasteiger partial charge in [0.2, 0.25) is 5.91 Å². The van der Waals surface area contributed by atoms with E-state index < -0.39 is 5.60 Å². The van der Waals surface area contributed by atoms with E-state index in [4.69, 9.17) is 0 Å². The molecule has 7 nitrogen and oxygen atoms in total. The standard InChI is InChI=1S/C22H24FN5O2/c1-22(2,30)10-20(29)27-16-7-13-3-5-15(9-19(13)24-11-16)28-21-17-8-14(23)4-6-18(17)25-12-26-21/h4,6-8,11-12,15,30H,3,5,9-10H2,1-2H3,(H,27,29)(H,25,26,28). The van der Waals surface area contributed by atoms with Crippen LogP contribution in [0.4, 0.5) is 15.9 Å². The molecule has 3 N–H and O–H groups in total. The predicted octanol–water partition coefficient (Wildman–Crippen LogP) is 3.23. The van der Waals surface area contributed by atoms with Crippen molar-refractivity contribution in [3.63, 3.8) is 0 Å². The van der Waals surface area contributed by atoms with Gasteiger partial charge >= 0.3 is 0 Å². The first-order chi connectivity index (χ1) is 14.3. The van der Waals surface area contributed by atoms with Gasteiger partial charge < -0.3 is 15.7 Å². The fraction of sp³-hybridized carbons (Fsp3) is 0.364. The van der Waals surface area contributed by atoms with E-state index in [0.717, 1.165) is 24.1 Å². The van der Waals surface area contributed by atoms with Crippen molar-refractivity contribution in [2.75, 3.05) is 10.6 Å². The fourth-order valence-corrected chi connectivity index (χ4v) is 3.73. The van der Waals surface area contributed by atoms with Crippen molar-refractivity contribution in [3.8, 4) is 0 Å². The average molecular weight is 409 g/mol. The highest BCUT2D eigenvalue weighted by atomic mass is 19.1. The number of aryl methyl sites for hydroxylation is 1. The van der Waals surface area contributed by atoms with Gasteiger partial charge in [-0.15, -0.1) is 0 Å². The number of hydrogen-bond donors (Lipinski definition) is 3. The number of nitrogens with one attached hydrogen (secondary N) is 2. The van der Waals surface area contributed by atoms with E-state index in [1.165, 1.54) is 18.5 Å². The van der Waals surface area contributed by atoms with Gasteiger partial charge in [0.05, 0.1) is 29.4 Å². The van der Waals surface area contributed by atoms with E-state index in [9.17, 15) is 14.3 Å². The topological polar surface area (TPSA) is 100 Å². The predicted molar refractivity (Wildman–Crippen MR) is 113 cm³/mol. The lowest BCUT2D eigenvalue weighted by molar-refractivity contribution is -0.119. The van der Waals surface area contributed by atoms with Crippen molar-refractivity contribution in [2.24, 2.45) is 0 Å². The van der Waals surface area contributed by atoms with E-state index in [-0.39, 0.29) is 24.2 Å². The van der Waals surface area contributed by atoms with E-state index >= 15 is 0 Å². The lowest BCUT2D eigenvalue weighted by Gasteiger charge is -2.26. The number of hydrogen-bond acceptors (Lipinski definition) is 6. The van der Waals surface area contributed by atoms with Crippen LogP contribution in [0.3, 0.4) is 0 Å². The fourth-order valence-electron chi connectivity index (χ4n) is 3.73. The zero-order valence-corrected chi connectivity index (χ0v) is 16.9. The number of anilines is 2. The molecule has 0 saturated heterocycles. The minimum atomic E-state index is -1.06. The molecular weight excluding hydrogens is 385 g/mol. The Morgan fingerprint density at radius 1 is 1.27 bits per heavy atom. The molecule has 4 rings (SSSR count). The van der Waals surface area contributed by atoms with Crippen molar-refractivity contribution >= 4 is 28.3 Å². The van der Waals surface area contributed by atoms with Crippen LogP contribution in [0.1, 0.15) is 37.9 Å². The quantitative estimate of drug-likeness (QED) is 0.598. The third-order valence-corrected chi connectivity index (χ3v) is 5.08. The van der Waals surface area contributed by atoms with Crippen molar-refractivity contribution in [1.29, 1.82) is 0 Å². The molecular formula is C22H24FN5O2. The van der Waals surface area contributed by atoms with Crippen LogP contribution in [0.2, 0.25) is 0 Å². The number of nitrogens with zero attached hydrogens (tertiary/aromatic N) is 3. The molecule has 0 fully saturated rings. The molecule has 1 aromatic carbocycles. The van der Waals surface area contributed by atoms with Crippen molar-refractivity contribution in [3.05, 3.63) is 53.9 Å². The number of aromatic nitrogens is 3. The molecule has 0 radical (unpaired) electrons. The van der Waals surface area contributed by atoms with E-state index in [2.05, 4.69) is 25.6 Å². The maximum atomic E-state index is 13.7. The number of pyridine rings is 1. The van der Waals surface area contributed by atoms with Crippen LogP contribution in [0.5, 0.6) is 0 Å². The average Bonchev–Trinajstić information content (AvgIpc) is 2.67. The second kappa shape index (κ2) is 7.95. The number of halogens is 1. The summed E-state index contributed by atoms with van der Waals surface area (Å²) in [4.78, 5) is 25.0. The number of aliphatic hydroxyl groups is 1. The van der Waals surface area contributed by atoms with Crippen molar-refractivity contribution in [1.82, 2.24) is 15.0 Å². The molecule has 8 heteroatoms. The summed E-state index contributed by atoms with van der Waals surface area (Å²) in [5.74, 6) is 0.0427. The summed E-state index contributed by atoms with van der Waals surface area (Å²) in [6.45, 7) is 3.19. The lowest BCUT2D eigenvalue weighted by atomic mass is 9.91. The Morgan fingerprint density at radius 2 is 2.10 bits per heavy atom. The molecule has 30 heavy (non-hydrogen) atoms. The maximum absolute atomic E-state index is 13.7. The third kappa shape index (κ3) is 4.71. The molecule has 0 spiro atoms. The first-order valence-electron chi connectivity index (χ1n) is 9.94. The summed E-state index contributed by atoms with van der Waals surface area (Å²) in [5, 5.41) is 16.6. The number of carbonyl (C=O) groups excluding carboxylic acids is 1. The molecule has 1 amide bonds. The monoisotopic (exact) mass is 409 g/mol. The molecule has 1 aliphatic rings. The summed E-state index contributed by atoms with van der Waals surface area (Å²) in [6, 6.07) is 6.52. The maximum Gasteiger partial charge on any atom is 0.227 e. The first-order valence-corrected chi connectivity index (χ1v) is 9.94. The van der Waals surface area contributed by atoms with Crippen molar-refractivity contribution in [2.45, 2.75) is 51.2 Å². The zero-order valence-electron chi connectivity index (χ0n) is 16.9. The Morgan fingerprint density at radius 3 is 2.90 bits per heavy atom. The third-order valence-electron chi connectivity index (χ3n) is 5.08. The van der Waals surface area contributed by atoms with Crippen LogP contribution in [0.15, 0.2) is 36.8 Å². The highest BCUT2D eigenvalue weighted by Crippen LogP contribution is 2.27. The number of amides is 1. The Balaban J connectivity index is 1.46. The van der Waals surface area contributed by atoms with Gasteiger partial charge in [0.1, 0.15) is 18.0 Å². The van der Waals surface area contributed by atoms with Crippen LogP contribution in [0, 0.1) is 5.82 Å². The van der Waals surface area contributed by atoms with Crippen LogP contribution in [-0.2, 0) is 17.6 Å². The molecule has 156 valence electrons. The van der Waals surface area contributed by atoms with Crippen LogP contribution in [-0.4, -0.2) is 37.6 Å². The van der Waals surface area contributed by atoms with Crippen molar-refractivity contribution < 1.29 is 14.3 Å². The zero-order chi connectivity index (χ0) is 21.3. The van der Waals surface area contributed by atoms with Gasteiger partial charge in [0.15, 0.2) is 0 Å². The van der Waals surface area contributed by atoms with E-state index in [1.807, 2.05) is 6.07 Å². The Labute approximate surface area is 173 Å². The van der Waals surface area contributed by atoms with Gasteiger partial charge in [-0.25, -0.2) is 14.4 Å². The van der Waals surface area contributed by atoms with Gasteiger partial charge in [0, 0.05) is 23.5 Å². The molecule has 2 heterocycles. The number of fused-ring (bicyclic) bond motifs is 2. The molecule has 1 atom stereocenters. The van der Waals surface area contributed by atoms with E-state index in [0.29, 0.717) is 28.8 Å². The molecule has 2 aromatic heterocycles. The van der Waals surface area contributed by atoms with E-state index in [1.54, 1.807) is 26.1 Å². The SMILES string of the molecule is CC(C)(O)CC(=O)Nc1cnc2c(c1)CCC(Nc1ncnc3ccc(F)cc13)C2. The summed E-state index contributed by atoms with van der Waals surface area (Å²) in [6.07, 6.45) is 5.49. The highest BCUT2D eigenvalue weighted by Gasteiger charge is 2.22. The Bertz CT molecular complexity index is 1100. The van der Waals surface area contributed by atoms with Crippen LogP contribution >= 0.6 is 0 Å². The first kappa shape index (κ1) is 20.2. The molecule has 0 aliphatic heterocycles. The summed E-state index contributed by atoms with van der Waals surface area (Å²) in [7, 11) is 0. The second-order valence-corrected chi connectivity index (χ2v) is 8.34. The van der Waals surface area contributed by atoms with Gasteiger partial charge in [-0.3, -0.25) is 9.78 Å². The van der Waals surface area contributed by atoms with Gasteiger partial charge in [-0.2, -0.15) is 0 Å². The smallest absolute Gasteiger partial charge is 0.227 e.